The number of hydrogen-bond donors (Lipinski definition) is 0. The van der Waals surface area contributed by atoms with E-state index in [1.165, 1.54) is 10.9 Å². The van der Waals surface area contributed by atoms with Crippen LogP contribution in [-0.4, -0.2) is 50.0 Å². The number of benzene rings is 2. The van der Waals surface area contributed by atoms with Crippen LogP contribution in [0.4, 0.5) is 26.3 Å². The summed E-state index contributed by atoms with van der Waals surface area (Å²) < 4.78 is 82.0. The van der Waals surface area contributed by atoms with E-state index in [-0.39, 0.29) is 29.0 Å². The molecule has 1 aliphatic heterocycles. The lowest BCUT2D eigenvalue weighted by atomic mass is 10.0. The second kappa shape index (κ2) is 9.37. The van der Waals surface area contributed by atoms with Crippen molar-refractivity contribution in [1.29, 1.82) is 0 Å². The van der Waals surface area contributed by atoms with Gasteiger partial charge in [0.05, 0.1) is 23.0 Å². The highest BCUT2D eigenvalue weighted by atomic mass is 32.1. The number of amides is 1. The first kappa shape index (κ1) is 25.4. The molecule has 0 spiro atoms. The Morgan fingerprint density at radius 2 is 1.64 bits per heavy atom. The minimum atomic E-state index is -5.02. The number of carbonyl (C=O) groups is 1. The monoisotopic (exact) mass is 525 g/mol. The Morgan fingerprint density at radius 3 is 2.17 bits per heavy atom. The zero-order valence-corrected chi connectivity index (χ0v) is 19.3. The summed E-state index contributed by atoms with van der Waals surface area (Å²) in [6.07, 6.45) is -7.52. The predicted molar refractivity (Wildman–Crippen MR) is 123 cm³/mol. The highest BCUT2D eigenvalue weighted by Gasteiger charge is 2.37. The minimum Gasteiger partial charge on any atom is -0.338 e. The molecule has 1 saturated heterocycles. The fourth-order valence-corrected chi connectivity index (χ4v) is 3.87. The molecule has 1 amide bonds. The summed E-state index contributed by atoms with van der Waals surface area (Å²) >= 11 is 5.22. The van der Waals surface area contributed by atoms with Gasteiger partial charge in [-0.2, -0.15) is 41.6 Å². The van der Waals surface area contributed by atoms with Gasteiger partial charge < -0.3 is 4.90 Å². The highest BCUT2D eigenvalue weighted by Crippen LogP contribution is 2.39. The summed E-state index contributed by atoms with van der Waals surface area (Å²) in [4.78, 5) is 13.9. The zero-order valence-electron chi connectivity index (χ0n) is 18.5. The summed E-state index contributed by atoms with van der Waals surface area (Å²) in [6, 6.07) is 9.66. The quantitative estimate of drug-likeness (QED) is 0.256. The molecule has 0 unspecified atom stereocenters. The molecule has 2 aromatic carbocycles. The normalized spacial score (nSPS) is 15.0. The lowest BCUT2D eigenvalue weighted by Gasteiger charge is -2.14. The van der Waals surface area contributed by atoms with Gasteiger partial charge in [0.2, 0.25) is 0 Å². The number of halogens is 6. The first-order valence-corrected chi connectivity index (χ1v) is 10.9. The van der Waals surface area contributed by atoms with Gasteiger partial charge in [0.25, 0.3) is 5.91 Å². The molecule has 0 aliphatic carbocycles. The molecule has 4 rings (SSSR count). The van der Waals surface area contributed by atoms with Crippen molar-refractivity contribution < 1.29 is 31.1 Å². The van der Waals surface area contributed by atoms with Gasteiger partial charge in [-0.15, -0.1) is 0 Å². The lowest BCUT2D eigenvalue weighted by Crippen LogP contribution is -2.29. The maximum Gasteiger partial charge on any atom is 0.416 e. The van der Waals surface area contributed by atoms with Gasteiger partial charge in [-0.25, -0.2) is 4.68 Å². The van der Waals surface area contributed by atoms with Crippen molar-refractivity contribution in [3.63, 3.8) is 0 Å². The number of alkyl halides is 6. The highest BCUT2D eigenvalue weighted by molar-refractivity contribution is 7.80. The van der Waals surface area contributed by atoms with Crippen LogP contribution in [0.5, 0.6) is 0 Å². The molecule has 0 bridgehead atoms. The van der Waals surface area contributed by atoms with Crippen LogP contribution < -0.4 is 0 Å². The topological polar surface area (TPSA) is 53.7 Å². The van der Waals surface area contributed by atoms with E-state index < -0.39 is 35.0 Å². The molecule has 1 fully saturated rings. The van der Waals surface area contributed by atoms with Crippen molar-refractivity contribution in [3.8, 4) is 16.9 Å². The van der Waals surface area contributed by atoms with Crippen LogP contribution in [0.1, 0.15) is 23.6 Å². The lowest BCUT2D eigenvalue weighted by molar-refractivity contribution is -0.143. The standard InChI is InChI=1S/C23H17F6N5OS/c1-2-32-13-19(35)34(21(32)36)30-11-15-12-33(18-6-4-3-5-7-18)31-20(15)14-8-16(22(24,25)26)10-17(9-14)23(27,28)29/h3-12H,2,13H2,1H3/b30-11-. The molecule has 1 aliphatic rings. The maximum absolute atomic E-state index is 13.4. The zero-order chi connectivity index (χ0) is 26.3. The van der Waals surface area contributed by atoms with E-state index in [4.69, 9.17) is 12.2 Å². The number of likely N-dealkylation sites (N-methyl/N-ethyl adjacent to an activating group) is 1. The maximum atomic E-state index is 13.4. The van der Waals surface area contributed by atoms with Crippen LogP contribution in [0.2, 0.25) is 0 Å². The van der Waals surface area contributed by atoms with Crippen molar-refractivity contribution in [1.82, 2.24) is 19.7 Å². The smallest absolute Gasteiger partial charge is 0.338 e. The predicted octanol–water partition coefficient (Wildman–Crippen LogP) is 5.36. The van der Waals surface area contributed by atoms with Gasteiger partial charge in [0.15, 0.2) is 5.11 Å². The Labute approximate surface area is 206 Å². The van der Waals surface area contributed by atoms with Gasteiger partial charge in [-0.1, -0.05) is 18.2 Å². The second-order valence-electron chi connectivity index (χ2n) is 7.75. The summed E-state index contributed by atoms with van der Waals surface area (Å²) in [6.45, 7) is 2.25. The van der Waals surface area contributed by atoms with Gasteiger partial charge in [-0.05, 0) is 49.5 Å². The average molecular weight is 525 g/mol. The molecule has 6 nitrogen and oxygen atoms in total. The molecular weight excluding hydrogens is 508 g/mol. The minimum absolute atomic E-state index is 0.00534. The number of thiocarbonyl (C=S) groups is 1. The summed E-state index contributed by atoms with van der Waals surface area (Å²) in [5.74, 6) is -0.423. The van der Waals surface area contributed by atoms with Crippen LogP contribution in [0.25, 0.3) is 16.9 Å². The molecule has 0 atom stereocenters. The van der Waals surface area contributed by atoms with Crippen LogP contribution in [0.3, 0.4) is 0 Å². The molecule has 0 N–H and O–H groups in total. The van der Waals surface area contributed by atoms with E-state index in [9.17, 15) is 31.1 Å². The molecule has 1 aromatic heterocycles. The van der Waals surface area contributed by atoms with Crippen LogP contribution in [0.15, 0.2) is 59.8 Å². The van der Waals surface area contributed by atoms with Crippen LogP contribution >= 0.6 is 12.2 Å². The first-order valence-electron chi connectivity index (χ1n) is 10.5. The largest absolute Gasteiger partial charge is 0.416 e. The van der Waals surface area contributed by atoms with Crippen molar-refractivity contribution in [3.05, 3.63) is 71.4 Å². The summed E-state index contributed by atoms with van der Waals surface area (Å²) in [5, 5.41) is 9.41. The van der Waals surface area contributed by atoms with Crippen molar-refractivity contribution in [2.75, 3.05) is 13.1 Å². The van der Waals surface area contributed by atoms with E-state index in [1.807, 2.05) is 0 Å². The molecule has 0 saturated carbocycles. The summed E-state index contributed by atoms with van der Waals surface area (Å²) in [5.41, 5.74) is -2.97. The molecular formula is C23H17F6N5OS. The SMILES string of the molecule is CCN1CC(=O)N(/N=C\c2cn(-c3ccccc3)nc2-c2cc(C(F)(F)F)cc(C(F)(F)F)c2)C1=S. The second-order valence-corrected chi connectivity index (χ2v) is 8.12. The Hall–Kier alpha value is -3.74. The number of hydrogen-bond acceptors (Lipinski definition) is 4. The van der Waals surface area contributed by atoms with Crippen LogP contribution in [0, 0.1) is 0 Å². The van der Waals surface area contributed by atoms with E-state index in [0.717, 1.165) is 11.2 Å². The number of aromatic nitrogens is 2. The fourth-order valence-electron chi connectivity index (χ4n) is 3.53. The molecule has 188 valence electrons. The van der Waals surface area contributed by atoms with Gasteiger partial charge in [0.1, 0.15) is 12.2 Å². The molecule has 2 heterocycles. The molecule has 13 heteroatoms. The van der Waals surface area contributed by atoms with Gasteiger partial charge in [-0.3, -0.25) is 4.79 Å². The van der Waals surface area contributed by atoms with E-state index in [1.54, 1.807) is 42.2 Å². The average Bonchev–Trinajstić information content (AvgIpc) is 3.37. The first-order chi connectivity index (χ1) is 16.9. The van der Waals surface area contributed by atoms with E-state index in [2.05, 4.69) is 10.2 Å². The number of para-hydroxylation sites is 1. The molecule has 3 aromatic rings. The Balaban J connectivity index is 1.86. The third-order valence-electron chi connectivity index (χ3n) is 5.33. The number of rotatable bonds is 5. The Kier molecular flexibility index (Phi) is 6.60. The van der Waals surface area contributed by atoms with Crippen molar-refractivity contribution in [2.24, 2.45) is 5.10 Å². The number of nitrogens with zero attached hydrogens (tertiary/aromatic N) is 5. The number of hydrazone groups is 1. The Morgan fingerprint density at radius 1 is 1.03 bits per heavy atom. The van der Waals surface area contributed by atoms with E-state index >= 15 is 0 Å². The van der Waals surface area contributed by atoms with Gasteiger partial charge in [0, 0.05) is 23.9 Å². The summed E-state index contributed by atoms with van der Waals surface area (Å²) in [7, 11) is 0. The molecule has 0 radical (unpaired) electrons. The van der Waals surface area contributed by atoms with E-state index in [0.29, 0.717) is 24.4 Å². The fraction of sp³-hybridized carbons (Fsp3) is 0.217. The third kappa shape index (κ3) is 5.10. The van der Waals surface area contributed by atoms with Crippen molar-refractivity contribution in [2.45, 2.75) is 19.3 Å². The van der Waals surface area contributed by atoms with Crippen LogP contribution in [-0.2, 0) is 17.1 Å². The van der Waals surface area contributed by atoms with Crippen molar-refractivity contribution >= 4 is 29.5 Å². The molecule has 36 heavy (non-hydrogen) atoms. The van der Waals surface area contributed by atoms with Gasteiger partial charge >= 0.3 is 12.4 Å². The Bertz CT molecular complexity index is 1300. The third-order valence-corrected chi connectivity index (χ3v) is 5.76. The number of carbonyl (C=O) groups excluding carboxylic acids is 1.